The third-order valence-electron chi connectivity index (χ3n) is 3.51. The molecule has 2 N–H and O–H groups in total. The van der Waals surface area contributed by atoms with Crippen LogP contribution in [0.2, 0.25) is 0 Å². The molecule has 1 unspecified atom stereocenters. The van der Waals surface area contributed by atoms with Gasteiger partial charge in [0.15, 0.2) is 0 Å². The minimum Gasteiger partial charge on any atom is -0.352 e. The van der Waals surface area contributed by atoms with Gasteiger partial charge in [-0.3, -0.25) is 4.79 Å². The van der Waals surface area contributed by atoms with Gasteiger partial charge in [-0.25, -0.2) is 9.97 Å². The third-order valence-corrected chi connectivity index (χ3v) is 3.51. The van der Waals surface area contributed by atoms with E-state index in [1.807, 2.05) is 39.0 Å². The number of amides is 1. The fourth-order valence-corrected chi connectivity index (χ4v) is 2.02. The van der Waals surface area contributed by atoms with Crippen molar-refractivity contribution < 1.29 is 4.79 Å². The summed E-state index contributed by atoms with van der Waals surface area (Å²) in [7, 11) is 0. The van der Waals surface area contributed by atoms with E-state index in [0.717, 1.165) is 23.2 Å². The Morgan fingerprint density at radius 1 is 1.27 bits per heavy atom. The average Bonchev–Trinajstić information content (AvgIpc) is 2.50. The molecule has 0 bridgehead atoms. The van der Waals surface area contributed by atoms with E-state index in [9.17, 15) is 4.79 Å². The number of aromatic nitrogens is 2. The molecular weight excluding hydrogens is 276 g/mol. The number of carbonyl (C=O) groups is 1. The van der Waals surface area contributed by atoms with Crippen LogP contribution in [-0.2, 0) is 0 Å². The van der Waals surface area contributed by atoms with Gasteiger partial charge in [0, 0.05) is 17.9 Å². The molecule has 0 aliphatic heterocycles. The van der Waals surface area contributed by atoms with Gasteiger partial charge in [0.2, 0.25) is 5.95 Å². The maximum absolute atomic E-state index is 12.3. The third kappa shape index (κ3) is 4.04. The van der Waals surface area contributed by atoms with Gasteiger partial charge in [0.25, 0.3) is 5.91 Å². The van der Waals surface area contributed by atoms with E-state index in [2.05, 4.69) is 27.5 Å². The second-order valence-corrected chi connectivity index (χ2v) is 5.49. The largest absolute Gasteiger partial charge is 0.352 e. The van der Waals surface area contributed by atoms with E-state index in [1.165, 1.54) is 0 Å². The second kappa shape index (κ2) is 7.02. The van der Waals surface area contributed by atoms with Crippen LogP contribution in [0, 0.1) is 13.8 Å². The number of hydrogen-bond acceptors (Lipinski definition) is 4. The lowest BCUT2D eigenvalue weighted by molar-refractivity contribution is 0.102. The molecule has 2 aromatic rings. The SMILES string of the molecule is CCC(C)Nc1nccc(C(=O)Nc2ccc(C)cc2C)n1. The summed E-state index contributed by atoms with van der Waals surface area (Å²) in [6.45, 7) is 8.12. The second-order valence-electron chi connectivity index (χ2n) is 5.49. The summed E-state index contributed by atoms with van der Waals surface area (Å²) in [4.78, 5) is 20.7. The maximum atomic E-state index is 12.3. The van der Waals surface area contributed by atoms with Crippen molar-refractivity contribution in [3.05, 3.63) is 47.3 Å². The van der Waals surface area contributed by atoms with Gasteiger partial charge in [0.1, 0.15) is 5.69 Å². The molecular formula is C17H22N4O. The highest BCUT2D eigenvalue weighted by molar-refractivity contribution is 6.03. The number of nitrogens with zero attached hydrogens (tertiary/aromatic N) is 2. The molecule has 0 aliphatic carbocycles. The van der Waals surface area contributed by atoms with Gasteiger partial charge in [-0.15, -0.1) is 0 Å². The number of nitrogens with one attached hydrogen (secondary N) is 2. The van der Waals surface area contributed by atoms with E-state index in [-0.39, 0.29) is 11.9 Å². The van der Waals surface area contributed by atoms with Crippen molar-refractivity contribution in [3.63, 3.8) is 0 Å². The summed E-state index contributed by atoms with van der Waals surface area (Å²) in [5, 5.41) is 6.06. The molecule has 5 heteroatoms. The Bertz CT molecular complexity index is 669. The van der Waals surface area contributed by atoms with E-state index in [4.69, 9.17) is 0 Å². The number of carbonyl (C=O) groups excluding carboxylic acids is 1. The van der Waals surface area contributed by atoms with Crippen LogP contribution in [-0.4, -0.2) is 21.9 Å². The molecule has 2 rings (SSSR count). The molecule has 1 heterocycles. The summed E-state index contributed by atoms with van der Waals surface area (Å²) in [5.41, 5.74) is 3.34. The number of aryl methyl sites for hydroxylation is 2. The van der Waals surface area contributed by atoms with Crippen molar-refractivity contribution in [3.8, 4) is 0 Å². The standard InChI is InChI=1S/C17H22N4O/c1-5-13(4)19-17-18-9-8-15(21-17)16(22)20-14-7-6-11(2)10-12(14)3/h6-10,13H,5H2,1-4H3,(H,20,22)(H,18,19,21). The monoisotopic (exact) mass is 298 g/mol. The molecule has 0 spiro atoms. The first kappa shape index (κ1) is 15.9. The first-order valence-corrected chi connectivity index (χ1v) is 7.47. The Kier molecular flexibility index (Phi) is 5.09. The Morgan fingerprint density at radius 2 is 2.05 bits per heavy atom. The molecule has 0 saturated heterocycles. The van der Waals surface area contributed by atoms with Crippen LogP contribution in [0.4, 0.5) is 11.6 Å². The molecule has 0 fully saturated rings. The lowest BCUT2D eigenvalue weighted by atomic mass is 10.1. The normalized spacial score (nSPS) is 11.8. The molecule has 22 heavy (non-hydrogen) atoms. The molecule has 1 amide bonds. The maximum Gasteiger partial charge on any atom is 0.274 e. The molecule has 0 saturated carbocycles. The van der Waals surface area contributed by atoms with Crippen LogP contribution in [0.1, 0.15) is 41.9 Å². The van der Waals surface area contributed by atoms with Crippen molar-refractivity contribution in [2.75, 3.05) is 10.6 Å². The number of benzene rings is 1. The van der Waals surface area contributed by atoms with Gasteiger partial charge in [0.05, 0.1) is 0 Å². The van der Waals surface area contributed by atoms with Gasteiger partial charge >= 0.3 is 0 Å². The summed E-state index contributed by atoms with van der Waals surface area (Å²) < 4.78 is 0. The summed E-state index contributed by atoms with van der Waals surface area (Å²) in [5.74, 6) is 0.240. The zero-order valence-corrected chi connectivity index (χ0v) is 13.5. The summed E-state index contributed by atoms with van der Waals surface area (Å²) in [6, 6.07) is 7.78. The minimum absolute atomic E-state index is 0.235. The van der Waals surface area contributed by atoms with Gasteiger partial charge in [-0.1, -0.05) is 24.6 Å². The molecule has 1 aromatic heterocycles. The van der Waals surface area contributed by atoms with Crippen molar-refractivity contribution in [1.29, 1.82) is 0 Å². The van der Waals surface area contributed by atoms with Crippen molar-refractivity contribution in [2.45, 2.75) is 40.2 Å². The highest BCUT2D eigenvalue weighted by atomic mass is 16.1. The first-order valence-electron chi connectivity index (χ1n) is 7.47. The smallest absolute Gasteiger partial charge is 0.274 e. The molecule has 1 atom stereocenters. The topological polar surface area (TPSA) is 66.9 Å². The first-order chi connectivity index (χ1) is 10.5. The molecule has 5 nitrogen and oxygen atoms in total. The Labute approximate surface area is 131 Å². The Morgan fingerprint density at radius 3 is 2.73 bits per heavy atom. The van der Waals surface area contributed by atoms with Crippen LogP contribution >= 0.6 is 0 Å². The summed E-state index contributed by atoms with van der Waals surface area (Å²) in [6.07, 6.45) is 2.55. The predicted molar refractivity (Wildman–Crippen MR) is 89.3 cm³/mol. The number of anilines is 2. The highest BCUT2D eigenvalue weighted by Crippen LogP contribution is 2.17. The van der Waals surface area contributed by atoms with Crippen LogP contribution in [0.25, 0.3) is 0 Å². The van der Waals surface area contributed by atoms with Crippen LogP contribution < -0.4 is 10.6 Å². The van der Waals surface area contributed by atoms with E-state index in [1.54, 1.807) is 12.3 Å². The van der Waals surface area contributed by atoms with Crippen LogP contribution in [0.5, 0.6) is 0 Å². The Hall–Kier alpha value is -2.43. The summed E-state index contributed by atoms with van der Waals surface area (Å²) >= 11 is 0. The van der Waals surface area contributed by atoms with Gasteiger partial charge in [-0.2, -0.15) is 0 Å². The lowest BCUT2D eigenvalue weighted by Gasteiger charge is -2.12. The van der Waals surface area contributed by atoms with E-state index in [0.29, 0.717) is 11.6 Å². The van der Waals surface area contributed by atoms with Crippen molar-refractivity contribution in [1.82, 2.24) is 9.97 Å². The highest BCUT2D eigenvalue weighted by Gasteiger charge is 2.11. The molecule has 0 aliphatic rings. The average molecular weight is 298 g/mol. The van der Waals surface area contributed by atoms with Crippen molar-refractivity contribution >= 4 is 17.5 Å². The van der Waals surface area contributed by atoms with Crippen molar-refractivity contribution in [2.24, 2.45) is 0 Å². The minimum atomic E-state index is -0.235. The zero-order chi connectivity index (χ0) is 16.1. The van der Waals surface area contributed by atoms with Crippen LogP contribution in [0.15, 0.2) is 30.5 Å². The fourth-order valence-electron chi connectivity index (χ4n) is 2.02. The molecule has 1 aromatic carbocycles. The molecule has 116 valence electrons. The zero-order valence-electron chi connectivity index (χ0n) is 13.5. The quantitative estimate of drug-likeness (QED) is 0.885. The van der Waals surface area contributed by atoms with Gasteiger partial charge < -0.3 is 10.6 Å². The lowest BCUT2D eigenvalue weighted by Crippen LogP contribution is -2.19. The van der Waals surface area contributed by atoms with Gasteiger partial charge in [-0.05, 0) is 44.9 Å². The number of rotatable bonds is 5. The fraction of sp³-hybridized carbons (Fsp3) is 0.353. The van der Waals surface area contributed by atoms with E-state index < -0.39 is 0 Å². The predicted octanol–water partition coefficient (Wildman–Crippen LogP) is 3.56. The van der Waals surface area contributed by atoms with E-state index >= 15 is 0 Å². The van der Waals surface area contributed by atoms with Crippen LogP contribution in [0.3, 0.4) is 0 Å². The molecule has 0 radical (unpaired) electrons. The Balaban J connectivity index is 2.14. The number of hydrogen-bond donors (Lipinski definition) is 2.